The molecule has 0 aromatic rings. The van der Waals surface area contributed by atoms with Crippen molar-refractivity contribution >= 4 is 0 Å². The number of aliphatic hydroxyl groups is 1. The smallest absolute Gasteiger partial charge is 0.158 e. The van der Waals surface area contributed by atoms with Gasteiger partial charge in [-0.2, -0.15) is 0 Å². The Labute approximate surface area is 123 Å². The van der Waals surface area contributed by atoms with Gasteiger partial charge < -0.3 is 19.5 Å². The number of rotatable bonds is 7. The number of fused-ring (bicyclic) bond motifs is 1. The third kappa shape index (κ3) is 4.17. The molecule has 118 valence electrons. The van der Waals surface area contributed by atoms with Gasteiger partial charge in [0.1, 0.15) is 0 Å². The topological polar surface area (TPSA) is 41.9 Å². The second kappa shape index (κ2) is 7.74. The summed E-state index contributed by atoms with van der Waals surface area (Å²) in [4.78, 5) is 2.48. The van der Waals surface area contributed by atoms with E-state index in [1.54, 1.807) is 0 Å². The fourth-order valence-corrected chi connectivity index (χ4v) is 3.72. The van der Waals surface area contributed by atoms with Crippen LogP contribution < -0.4 is 0 Å². The minimum Gasteiger partial charge on any atom is -0.390 e. The van der Waals surface area contributed by atoms with Crippen LogP contribution >= 0.6 is 0 Å². The van der Waals surface area contributed by atoms with E-state index in [1.165, 1.54) is 19.3 Å². The van der Waals surface area contributed by atoms with Gasteiger partial charge in [-0.05, 0) is 33.1 Å². The van der Waals surface area contributed by atoms with Crippen LogP contribution in [0.3, 0.4) is 0 Å². The van der Waals surface area contributed by atoms with Gasteiger partial charge in [0.15, 0.2) is 6.29 Å². The molecule has 0 amide bonds. The Morgan fingerprint density at radius 2 is 1.95 bits per heavy atom. The third-order valence-electron chi connectivity index (χ3n) is 4.90. The summed E-state index contributed by atoms with van der Waals surface area (Å²) in [6.07, 6.45) is 6.46. The fraction of sp³-hybridized carbons (Fsp3) is 1.00. The largest absolute Gasteiger partial charge is 0.390 e. The number of ether oxygens (including phenoxy) is 2. The predicted molar refractivity (Wildman–Crippen MR) is 79.6 cm³/mol. The predicted octanol–water partition coefficient (Wildman–Crippen LogP) is 2.40. The molecule has 2 aliphatic rings. The first-order valence-corrected chi connectivity index (χ1v) is 8.36. The van der Waals surface area contributed by atoms with Crippen LogP contribution in [0.25, 0.3) is 0 Å². The normalized spacial score (nSPS) is 31.5. The van der Waals surface area contributed by atoms with Gasteiger partial charge in [-0.25, -0.2) is 0 Å². The Morgan fingerprint density at radius 3 is 2.65 bits per heavy atom. The first-order chi connectivity index (χ1) is 9.68. The van der Waals surface area contributed by atoms with E-state index in [0.717, 1.165) is 38.9 Å². The quantitative estimate of drug-likeness (QED) is 0.729. The van der Waals surface area contributed by atoms with Crippen LogP contribution in [-0.4, -0.2) is 54.7 Å². The van der Waals surface area contributed by atoms with E-state index in [0.29, 0.717) is 19.1 Å². The highest BCUT2D eigenvalue weighted by Crippen LogP contribution is 2.39. The Kier molecular flexibility index (Phi) is 6.27. The molecule has 1 saturated carbocycles. The summed E-state index contributed by atoms with van der Waals surface area (Å²) in [7, 11) is 0. The molecular formula is C16H31NO3. The number of piperidine rings is 1. The maximum Gasteiger partial charge on any atom is 0.158 e. The number of hydrogen-bond acceptors (Lipinski definition) is 4. The summed E-state index contributed by atoms with van der Waals surface area (Å²) < 4.78 is 11.2. The summed E-state index contributed by atoms with van der Waals surface area (Å²) in [5.41, 5.74) is -0.367. The zero-order chi connectivity index (χ0) is 14.4. The third-order valence-corrected chi connectivity index (χ3v) is 4.90. The van der Waals surface area contributed by atoms with Crippen molar-refractivity contribution in [3.05, 3.63) is 0 Å². The molecule has 1 saturated heterocycles. The average Bonchev–Trinajstić information content (AvgIpc) is 2.45. The van der Waals surface area contributed by atoms with E-state index in [9.17, 15) is 5.11 Å². The highest BCUT2D eigenvalue weighted by Gasteiger charge is 2.42. The SMILES string of the molecule is CCOC(CCN1CCC2(O)CCCCC2C1)OCC. The summed E-state index contributed by atoms with van der Waals surface area (Å²) in [6.45, 7) is 8.49. The maximum atomic E-state index is 10.7. The molecule has 2 rings (SSSR count). The molecule has 1 aliphatic heterocycles. The summed E-state index contributed by atoms with van der Waals surface area (Å²) in [5, 5.41) is 10.7. The van der Waals surface area contributed by atoms with E-state index in [1.807, 2.05) is 13.8 Å². The van der Waals surface area contributed by atoms with Gasteiger partial charge in [0, 0.05) is 45.2 Å². The molecular weight excluding hydrogens is 254 g/mol. The van der Waals surface area contributed by atoms with E-state index >= 15 is 0 Å². The second-order valence-electron chi connectivity index (χ2n) is 6.23. The highest BCUT2D eigenvalue weighted by atomic mass is 16.7. The molecule has 0 aromatic heterocycles. The molecule has 0 aromatic carbocycles. The van der Waals surface area contributed by atoms with Crippen LogP contribution in [0.5, 0.6) is 0 Å². The Hall–Kier alpha value is -0.160. The Bertz CT molecular complexity index is 281. The molecule has 0 spiro atoms. The summed E-state index contributed by atoms with van der Waals surface area (Å²) >= 11 is 0. The number of nitrogens with zero attached hydrogens (tertiary/aromatic N) is 1. The van der Waals surface area contributed by atoms with Crippen LogP contribution in [-0.2, 0) is 9.47 Å². The van der Waals surface area contributed by atoms with E-state index in [4.69, 9.17) is 9.47 Å². The van der Waals surface area contributed by atoms with Crippen molar-refractivity contribution in [1.29, 1.82) is 0 Å². The summed E-state index contributed by atoms with van der Waals surface area (Å²) in [6, 6.07) is 0. The highest BCUT2D eigenvalue weighted by molar-refractivity contribution is 4.95. The van der Waals surface area contributed by atoms with Crippen molar-refractivity contribution in [1.82, 2.24) is 4.90 Å². The Morgan fingerprint density at radius 1 is 1.20 bits per heavy atom. The first kappa shape index (κ1) is 16.2. The van der Waals surface area contributed by atoms with E-state index in [2.05, 4.69) is 4.90 Å². The second-order valence-corrected chi connectivity index (χ2v) is 6.23. The monoisotopic (exact) mass is 285 g/mol. The lowest BCUT2D eigenvalue weighted by molar-refractivity contribution is -0.146. The van der Waals surface area contributed by atoms with Crippen molar-refractivity contribution in [2.24, 2.45) is 5.92 Å². The molecule has 2 atom stereocenters. The minimum absolute atomic E-state index is 0.0721. The molecule has 0 bridgehead atoms. The van der Waals surface area contributed by atoms with Gasteiger partial charge in [0.05, 0.1) is 5.60 Å². The van der Waals surface area contributed by atoms with Gasteiger partial charge in [-0.15, -0.1) is 0 Å². The number of likely N-dealkylation sites (tertiary alicyclic amines) is 1. The van der Waals surface area contributed by atoms with Gasteiger partial charge >= 0.3 is 0 Å². The van der Waals surface area contributed by atoms with Crippen LogP contribution in [0.2, 0.25) is 0 Å². The lowest BCUT2D eigenvalue weighted by atomic mass is 9.71. The van der Waals surface area contributed by atoms with Gasteiger partial charge in [-0.3, -0.25) is 0 Å². The molecule has 20 heavy (non-hydrogen) atoms. The molecule has 2 unspecified atom stereocenters. The molecule has 1 N–H and O–H groups in total. The van der Waals surface area contributed by atoms with Crippen LogP contribution in [0.1, 0.15) is 52.4 Å². The van der Waals surface area contributed by atoms with Crippen LogP contribution in [0, 0.1) is 5.92 Å². The van der Waals surface area contributed by atoms with Crippen molar-refractivity contribution in [3.8, 4) is 0 Å². The zero-order valence-electron chi connectivity index (χ0n) is 13.1. The number of hydrogen-bond donors (Lipinski definition) is 1. The van der Waals surface area contributed by atoms with Crippen LogP contribution in [0.4, 0.5) is 0 Å². The van der Waals surface area contributed by atoms with Crippen LogP contribution in [0.15, 0.2) is 0 Å². The van der Waals surface area contributed by atoms with E-state index in [-0.39, 0.29) is 11.9 Å². The molecule has 4 nitrogen and oxygen atoms in total. The Balaban J connectivity index is 1.77. The molecule has 0 radical (unpaired) electrons. The van der Waals surface area contributed by atoms with Crippen molar-refractivity contribution in [2.75, 3.05) is 32.8 Å². The van der Waals surface area contributed by atoms with Gasteiger partial charge in [-0.1, -0.05) is 12.8 Å². The van der Waals surface area contributed by atoms with Crippen molar-refractivity contribution in [2.45, 2.75) is 64.3 Å². The first-order valence-electron chi connectivity index (χ1n) is 8.36. The molecule has 1 aliphatic carbocycles. The lowest BCUT2D eigenvalue weighted by Gasteiger charge is -2.47. The maximum absolute atomic E-state index is 10.7. The standard InChI is InChI=1S/C16H31NO3/c1-3-19-15(20-4-2)8-11-17-12-10-16(18)9-6-5-7-14(16)13-17/h14-15,18H,3-13H2,1-2H3. The van der Waals surface area contributed by atoms with E-state index < -0.39 is 0 Å². The van der Waals surface area contributed by atoms with Crippen molar-refractivity contribution < 1.29 is 14.6 Å². The molecule has 1 heterocycles. The minimum atomic E-state index is -0.367. The zero-order valence-corrected chi connectivity index (χ0v) is 13.1. The van der Waals surface area contributed by atoms with Gasteiger partial charge in [0.25, 0.3) is 0 Å². The average molecular weight is 285 g/mol. The molecule has 2 fully saturated rings. The molecule has 4 heteroatoms. The van der Waals surface area contributed by atoms with Crippen molar-refractivity contribution in [3.63, 3.8) is 0 Å². The lowest BCUT2D eigenvalue weighted by Crippen LogP contribution is -2.53. The summed E-state index contributed by atoms with van der Waals surface area (Å²) in [5.74, 6) is 0.475. The fourth-order valence-electron chi connectivity index (χ4n) is 3.72. The van der Waals surface area contributed by atoms with Gasteiger partial charge in [0.2, 0.25) is 0 Å².